The van der Waals surface area contributed by atoms with Crippen LogP contribution in [0.4, 0.5) is 13.2 Å². The van der Waals surface area contributed by atoms with Crippen LogP contribution in [0.3, 0.4) is 0 Å². The molecule has 0 aromatic heterocycles. The second kappa shape index (κ2) is 8.20. The van der Waals surface area contributed by atoms with Crippen molar-refractivity contribution >= 4 is 17.8 Å². The first-order chi connectivity index (χ1) is 12.2. The van der Waals surface area contributed by atoms with E-state index in [1.54, 1.807) is 4.90 Å². The molecule has 0 aliphatic carbocycles. The van der Waals surface area contributed by atoms with Crippen LogP contribution in [-0.2, 0) is 15.8 Å². The fourth-order valence-corrected chi connectivity index (χ4v) is 2.81. The Morgan fingerprint density at radius 3 is 2.19 bits per heavy atom. The van der Waals surface area contributed by atoms with Crippen molar-refractivity contribution in [3.05, 3.63) is 35.4 Å². The average Bonchev–Trinajstić information content (AvgIpc) is 2.59. The number of alkyl halides is 3. The molecule has 2 rings (SSSR count). The number of aliphatic carboxylic acids is 1. The largest absolute Gasteiger partial charge is 0.481 e. The number of hydrogen-bond donors (Lipinski definition) is 2. The molecule has 2 amide bonds. The highest BCUT2D eigenvalue weighted by atomic mass is 19.4. The maximum atomic E-state index is 12.5. The molecule has 9 heteroatoms. The van der Waals surface area contributed by atoms with E-state index in [1.165, 1.54) is 0 Å². The lowest BCUT2D eigenvalue weighted by Gasteiger charge is -2.31. The van der Waals surface area contributed by atoms with Crippen molar-refractivity contribution in [3.63, 3.8) is 0 Å². The van der Waals surface area contributed by atoms with Gasteiger partial charge in [-0.3, -0.25) is 14.4 Å². The summed E-state index contributed by atoms with van der Waals surface area (Å²) >= 11 is 0. The summed E-state index contributed by atoms with van der Waals surface area (Å²) in [5, 5.41) is 11.2. The maximum absolute atomic E-state index is 12.5. The van der Waals surface area contributed by atoms with Crippen molar-refractivity contribution in [2.24, 2.45) is 5.92 Å². The van der Waals surface area contributed by atoms with Gasteiger partial charge in [-0.1, -0.05) is 0 Å². The van der Waals surface area contributed by atoms with Crippen LogP contribution in [0.5, 0.6) is 0 Å². The molecule has 1 aliphatic rings. The third kappa shape index (κ3) is 5.47. The molecular weight excluding hydrogens is 353 g/mol. The van der Waals surface area contributed by atoms with Gasteiger partial charge in [0, 0.05) is 25.1 Å². The molecule has 1 aromatic carbocycles. The summed E-state index contributed by atoms with van der Waals surface area (Å²) in [5.74, 6) is -1.76. The van der Waals surface area contributed by atoms with E-state index >= 15 is 0 Å². The Bertz CT molecular complexity index is 666. The zero-order valence-electron chi connectivity index (χ0n) is 13.9. The van der Waals surface area contributed by atoms with Gasteiger partial charge < -0.3 is 15.3 Å². The number of nitrogens with one attached hydrogen (secondary N) is 1. The Morgan fingerprint density at radius 2 is 1.69 bits per heavy atom. The van der Waals surface area contributed by atoms with E-state index in [0.29, 0.717) is 25.9 Å². The number of amides is 2. The molecule has 6 nitrogen and oxygen atoms in total. The van der Waals surface area contributed by atoms with Crippen molar-refractivity contribution < 1.29 is 32.7 Å². The first-order valence-corrected chi connectivity index (χ1v) is 8.12. The molecule has 0 atom stereocenters. The number of piperidine rings is 1. The van der Waals surface area contributed by atoms with Gasteiger partial charge in [0.15, 0.2) is 0 Å². The number of benzene rings is 1. The van der Waals surface area contributed by atoms with Crippen molar-refractivity contribution in [1.29, 1.82) is 0 Å². The van der Waals surface area contributed by atoms with Crippen molar-refractivity contribution in [2.75, 3.05) is 19.6 Å². The van der Waals surface area contributed by atoms with Crippen LogP contribution < -0.4 is 5.32 Å². The van der Waals surface area contributed by atoms with Crippen LogP contribution >= 0.6 is 0 Å². The van der Waals surface area contributed by atoms with Gasteiger partial charge in [0.25, 0.3) is 5.91 Å². The summed E-state index contributed by atoms with van der Waals surface area (Å²) in [6.45, 7) is 0.587. The zero-order chi connectivity index (χ0) is 19.3. The van der Waals surface area contributed by atoms with E-state index in [9.17, 15) is 27.6 Å². The van der Waals surface area contributed by atoms with Crippen molar-refractivity contribution in [2.45, 2.75) is 25.4 Å². The first-order valence-electron chi connectivity index (χ1n) is 8.12. The summed E-state index contributed by atoms with van der Waals surface area (Å²) < 4.78 is 37.5. The fourth-order valence-electron chi connectivity index (χ4n) is 2.81. The quantitative estimate of drug-likeness (QED) is 0.829. The number of nitrogens with zero attached hydrogens (tertiary/aromatic N) is 1. The molecule has 0 unspecified atom stereocenters. The molecule has 1 aliphatic heterocycles. The molecule has 1 fully saturated rings. The van der Waals surface area contributed by atoms with Crippen LogP contribution in [-0.4, -0.2) is 47.4 Å². The minimum absolute atomic E-state index is 0.0333. The van der Waals surface area contributed by atoms with E-state index < -0.39 is 23.6 Å². The molecule has 2 N–H and O–H groups in total. The van der Waals surface area contributed by atoms with Crippen LogP contribution in [0.1, 0.15) is 35.2 Å². The van der Waals surface area contributed by atoms with E-state index in [1.807, 2.05) is 0 Å². The summed E-state index contributed by atoms with van der Waals surface area (Å²) in [4.78, 5) is 36.3. The Hall–Kier alpha value is -2.58. The topological polar surface area (TPSA) is 86.7 Å². The molecule has 26 heavy (non-hydrogen) atoms. The number of hydrogen-bond acceptors (Lipinski definition) is 3. The van der Waals surface area contributed by atoms with Gasteiger partial charge in [-0.15, -0.1) is 0 Å². The SMILES string of the molecule is O=C(O)CC1CCN(C(=O)CNC(=O)c2ccc(C(F)(F)F)cc2)CC1. The van der Waals surface area contributed by atoms with Crippen LogP contribution in [0.15, 0.2) is 24.3 Å². The Balaban J connectivity index is 1.80. The van der Waals surface area contributed by atoms with Gasteiger partial charge in [0.1, 0.15) is 0 Å². The van der Waals surface area contributed by atoms with Crippen LogP contribution in [0, 0.1) is 5.92 Å². The monoisotopic (exact) mass is 372 g/mol. The minimum atomic E-state index is -4.47. The summed E-state index contributed by atoms with van der Waals surface area (Å²) in [6.07, 6.45) is -3.22. The van der Waals surface area contributed by atoms with E-state index in [2.05, 4.69) is 5.32 Å². The lowest BCUT2D eigenvalue weighted by atomic mass is 9.93. The highest BCUT2D eigenvalue weighted by Crippen LogP contribution is 2.29. The normalized spacial score (nSPS) is 15.6. The fraction of sp³-hybridized carbons (Fsp3) is 0.471. The summed E-state index contributed by atoms with van der Waals surface area (Å²) in [5.41, 5.74) is -0.819. The number of carboxylic acids is 1. The van der Waals surface area contributed by atoms with Gasteiger partial charge in [0.05, 0.1) is 12.1 Å². The van der Waals surface area contributed by atoms with Gasteiger partial charge in [-0.05, 0) is 43.0 Å². The number of halogens is 3. The molecule has 0 saturated carbocycles. The number of likely N-dealkylation sites (tertiary alicyclic amines) is 1. The van der Waals surface area contributed by atoms with Crippen molar-refractivity contribution in [1.82, 2.24) is 10.2 Å². The zero-order valence-corrected chi connectivity index (χ0v) is 13.9. The minimum Gasteiger partial charge on any atom is -0.481 e. The second-order valence-electron chi connectivity index (χ2n) is 6.18. The van der Waals surface area contributed by atoms with Gasteiger partial charge in [-0.25, -0.2) is 0 Å². The number of rotatable bonds is 5. The van der Waals surface area contributed by atoms with E-state index in [0.717, 1.165) is 24.3 Å². The lowest BCUT2D eigenvalue weighted by Crippen LogP contribution is -2.44. The average molecular weight is 372 g/mol. The molecule has 1 heterocycles. The Morgan fingerprint density at radius 1 is 1.12 bits per heavy atom. The molecule has 0 bridgehead atoms. The van der Waals surface area contributed by atoms with Gasteiger partial charge >= 0.3 is 12.1 Å². The number of carbonyl (C=O) groups excluding carboxylic acids is 2. The molecule has 0 spiro atoms. The van der Waals surface area contributed by atoms with Gasteiger partial charge in [-0.2, -0.15) is 13.2 Å². The third-order valence-electron chi connectivity index (χ3n) is 4.31. The number of carbonyl (C=O) groups is 3. The molecule has 1 saturated heterocycles. The molecule has 0 radical (unpaired) electrons. The Labute approximate surface area is 148 Å². The van der Waals surface area contributed by atoms with E-state index in [4.69, 9.17) is 5.11 Å². The second-order valence-corrected chi connectivity index (χ2v) is 6.18. The number of carboxylic acid groups (broad SMARTS) is 1. The molecule has 142 valence electrons. The highest BCUT2D eigenvalue weighted by Gasteiger charge is 2.30. The standard InChI is InChI=1S/C17H19F3N2O4/c18-17(19,20)13-3-1-12(2-4-13)16(26)21-10-14(23)22-7-5-11(6-8-22)9-15(24)25/h1-4,11H,5-10H2,(H,21,26)(H,24,25). The molecular formula is C17H19F3N2O4. The lowest BCUT2D eigenvalue weighted by molar-refractivity contribution is -0.139. The predicted octanol–water partition coefficient (Wildman–Crippen LogP) is 2.15. The molecule has 1 aromatic rings. The van der Waals surface area contributed by atoms with Crippen LogP contribution in [0.25, 0.3) is 0 Å². The third-order valence-corrected chi connectivity index (χ3v) is 4.31. The maximum Gasteiger partial charge on any atom is 0.416 e. The first kappa shape index (κ1) is 19.7. The van der Waals surface area contributed by atoms with Crippen LogP contribution in [0.2, 0.25) is 0 Å². The summed E-state index contributed by atoms with van der Waals surface area (Å²) in [7, 11) is 0. The van der Waals surface area contributed by atoms with Gasteiger partial charge in [0.2, 0.25) is 5.91 Å². The smallest absolute Gasteiger partial charge is 0.416 e. The van der Waals surface area contributed by atoms with E-state index in [-0.39, 0.29) is 30.4 Å². The summed E-state index contributed by atoms with van der Waals surface area (Å²) in [6, 6.07) is 3.73. The predicted molar refractivity (Wildman–Crippen MR) is 85.3 cm³/mol. The van der Waals surface area contributed by atoms with Crippen molar-refractivity contribution in [3.8, 4) is 0 Å². The Kier molecular flexibility index (Phi) is 6.23. The highest BCUT2D eigenvalue weighted by molar-refractivity contribution is 5.96.